The standard InChI is InChI=1S/C26H31NS/c1-16-9-11-17(12-10-16)23-20-15-18(26(2,3)4)13-14-21(20)27-25-24(23)19-7-5-6-8-22(19)28-25/h9-12,18H,5-8,13-15H2,1-4H3. The van der Waals surface area contributed by atoms with E-state index in [4.69, 9.17) is 4.98 Å². The summed E-state index contributed by atoms with van der Waals surface area (Å²) in [6.45, 7) is 9.41. The third-order valence-corrected chi connectivity index (χ3v) is 8.22. The number of aromatic nitrogens is 1. The van der Waals surface area contributed by atoms with Gasteiger partial charge in [-0.1, -0.05) is 50.6 Å². The molecule has 146 valence electrons. The fourth-order valence-electron chi connectivity index (χ4n) is 5.24. The zero-order chi connectivity index (χ0) is 19.5. The second-order valence-electron chi connectivity index (χ2n) is 9.97. The first kappa shape index (κ1) is 18.4. The number of pyridine rings is 1. The van der Waals surface area contributed by atoms with Gasteiger partial charge in [-0.15, -0.1) is 11.3 Å². The van der Waals surface area contributed by atoms with E-state index in [2.05, 4.69) is 52.0 Å². The Kier molecular flexibility index (Phi) is 4.39. The molecule has 3 aromatic rings. The van der Waals surface area contributed by atoms with Crippen LogP contribution < -0.4 is 0 Å². The van der Waals surface area contributed by atoms with Crippen LogP contribution in [0, 0.1) is 18.3 Å². The highest BCUT2D eigenvalue weighted by Crippen LogP contribution is 2.47. The van der Waals surface area contributed by atoms with Crippen molar-refractivity contribution in [1.29, 1.82) is 0 Å². The van der Waals surface area contributed by atoms with E-state index >= 15 is 0 Å². The van der Waals surface area contributed by atoms with Crippen LogP contribution in [-0.4, -0.2) is 4.98 Å². The zero-order valence-corrected chi connectivity index (χ0v) is 18.5. The first-order valence-corrected chi connectivity index (χ1v) is 11.8. The Balaban J connectivity index is 1.79. The van der Waals surface area contributed by atoms with Gasteiger partial charge in [0.15, 0.2) is 0 Å². The molecule has 0 bridgehead atoms. The summed E-state index contributed by atoms with van der Waals surface area (Å²) in [7, 11) is 0. The number of thiophene rings is 1. The van der Waals surface area contributed by atoms with Crippen molar-refractivity contribution in [1.82, 2.24) is 4.98 Å². The van der Waals surface area contributed by atoms with Gasteiger partial charge in [0.25, 0.3) is 0 Å². The molecule has 1 nitrogen and oxygen atoms in total. The van der Waals surface area contributed by atoms with Crippen LogP contribution in [0.4, 0.5) is 0 Å². The van der Waals surface area contributed by atoms with Gasteiger partial charge >= 0.3 is 0 Å². The van der Waals surface area contributed by atoms with Crippen LogP contribution in [-0.2, 0) is 25.7 Å². The Morgan fingerprint density at radius 3 is 2.46 bits per heavy atom. The summed E-state index contributed by atoms with van der Waals surface area (Å²) in [5.41, 5.74) is 9.16. The topological polar surface area (TPSA) is 12.9 Å². The minimum Gasteiger partial charge on any atom is -0.242 e. The summed E-state index contributed by atoms with van der Waals surface area (Å²) in [4.78, 5) is 8.17. The average Bonchev–Trinajstić information content (AvgIpc) is 3.04. The summed E-state index contributed by atoms with van der Waals surface area (Å²) >= 11 is 1.98. The molecule has 2 aliphatic rings. The molecule has 0 N–H and O–H groups in total. The second kappa shape index (κ2) is 6.69. The first-order chi connectivity index (χ1) is 13.4. The van der Waals surface area contributed by atoms with Crippen molar-refractivity contribution in [2.75, 3.05) is 0 Å². The normalized spacial score (nSPS) is 19.5. The van der Waals surface area contributed by atoms with Gasteiger partial charge in [0.2, 0.25) is 0 Å². The molecule has 28 heavy (non-hydrogen) atoms. The predicted octanol–water partition coefficient (Wildman–Crippen LogP) is 7.30. The molecule has 2 heteroatoms. The highest BCUT2D eigenvalue weighted by atomic mass is 32.1. The Bertz CT molecular complexity index is 1030. The molecule has 1 unspecified atom stereocenters. The van der Waals surface area contributed by atoms with Crippen molar-refractivity contribution in [3.05, 3.63) is 51.5 Å². The lowest BCUT2D eigenvalue weighted by molar-refractivity contribution is 0.215. The van der Waals surface area contributed by atoms with E-state index in [-0.39, 0.29) is 0 Å². The lowest BCUT2D eigenvalue weighted by Crippen LogP contribution is -2.27. The predicted molar refractivity (Wildman–Crippen MR) is 121 cm³/mol. The summed E-state index contributed by atoms with van der Waals surface area (Å²) in [6, 6.07) is 9.24. The van der Waals surface area contributed by atoms with Crippen LogP contribution in [0.3, 0.4) is 0 Å². The van der Waals surface area contributed by atoms with Crippen LogP contribution in [0.2, 0.25) is 0 Å². The molecular weight excluding hydrogens is 358 g/mol. The number of fused-ring (bicyclic) bond motifs is 4. The van der Waals surface area contributed by atoms with E-state index in [1.165, 1.54) is 71.1 Å². The Morgan fingerprint density at radius 2 is 1.71 bits per heavy atom. The number of rotatable bonds is 1. The highest BCUT2D eigenvalue weighted by Gasteiger charge is 2.33. The lowest BCUT2D eigenvalue weighted by atomic mass is 9.70. The minimum atomic E-state index is 0.352. The Hall–Kier alpha value is -1.67. The number of nitrogens with zero attached hydrogens (tertiary/aromatic N) is 1. The van der Waals surface area contributed by atoms with E-state index in [1.807, 2.05) is 11.3 Å². The molecule has 0 amide bonds. The van der Waals surface area contributed by atoms with Gasteiger partial charge < -0.3 is 0 Å². The van der Waals surface area contributed by atoms with E-state index in [0.29, 0.717) is 5.41 Å². The van der Waals surface area contributed by atoms with Crippen LogP contribution >= 0.6 is 11.3 Å². The maximum absolute atomic E-state index is 5.26. The summed E-state index contributed by atoms with van der Waals surface area (Å²) in [5.74, 6) is 0.734. The van der Waals surface area contributed by atoms with Gasteiger partial charge in [0, 0.05) is 16.0 Å². The molecular formula is C26H31NS. The quantitative estimate of drug-likeness (QED) is 0.425. The van der Waals surface area contributed by atoms with Gasteiger partial charge in [0.1, 0.15) is 4.83 Å². The largest absolute Gasteiger partial charge is 0.242 e. The Morgan fingerprint density at radius 1 is 0.964 bits per heavy atom. The van der Waals surface area contributed by atoms with Crippen molar-refractivity contribution in [2.24, 2.45) is 11.3 Å². The molecule has 2 heterocycles. The van der Waals surface area contributed by atoms with Crippen LogP contribution in [0.5, 0.6) is 0 Å². The van der Waals surface area contributed by atoms with Crippen molar-refractivity contribution >= 4 is 21.6 Å². The second-order valence-corrected chi connectivity index (χ2v) is 11.1. The third kappa shape index (κ3) is 3.01. The molecule has 2 aliphatic carbocycles. The number of aryl methyl sites for hydroxylation is 4. The van der Waals surface area contributed by atoms with E-state index in [9.17, 15) is 0 Å². The van der Waals surface area contributed by atoms with Crippen LogP contribution in [0.25, 0.3) is 21.3 Å². The van der Waals surface area contributed by atoms with E-state index in [0.717, 1.165) is 12.3 Å². The number of hydrogen-bond donors (Lipinski definition) is 0. The molecule has 2 aromatic heterocycles. The van der Waals surface area contributed by atoms with Gasteiger partial charge in [-0.05, 0) is 85.5 Å². The highest BCUT2D eigenvalue weighted by molar-refractivity contribution is 7.19. The van der Waals surface area contributed by atoms with E-state index < -0.39 is 0 Å². The summed E-state index contributed by atoms with van der Waals surface area (Å²) in [5, 5.41) is 1.50. The third-order valence-electron chi connectivity index (χ3n) is 7.03. The molecule has 0 fully saturated rings. The zero-order valence-electron chi connectivity index (χ0n) is 17.7. The Labute approximate surface area is 173 Å². The monoisotopic (exact) mass is 389 g/mol. The number of hydrogen-bond acceptors (Lipinski definition) is 2. The molecule has 0 radical (unpaired) electrons. The molecule has 1 atom stereocenters. The summed E-state index contributed by atoms with van der Waals surface area (Å²) < 4.78 is 0. The van der Waals surface area contributed by atoms with Crippen LogP contribution in [0.1, 0.15) is 67.3 Å². The summed E-state index contributed by atoms with van der Waals surface area (Å²) in [6.07, 6.45) is 8.73. The molecule has 5 rings (SSSR count). The SMILES string of the molecule is Cc1ccc(-c2c3c(nc4sc5c(c24)CCCC5)CCC(C(C)(C)C)C3)cc1. The van der Waals surface area contributed by atoms with Crippen molar-refractivity contribution in [3.8, 4) is 11.1 Å². The average molecular weight is 390 g/mol. The smallest absolute Gasteiger partial charge is 0.124 e. The van der Waals surface area contributed by atoms with Crippen molar-refractivity contribution < 1.29 is 0 Å². The van der Waals surface area contributed by atoms with Gasteiger partial charge in [-0.2, -0.15) is 0 Å². The minimum absolute atomic E-state index is 0.352. The van der Waals surface area contributed by atoms with Gasteiger partial charge in [0.05, 0.1) is 0 Å². The van der Waals surface area contributed by atoms with Crippen LogP contribution in [0.15, 0.2) is 24.3 Å². The molecule has 0 saturated carbocycles. The first-order valence-electron chi connectivity index (χ1n) is 10.9. The number of benzene rings is 1. The van der Waals surface area contributed by atoms with Gasteiger partial charge in [-0.25, -0.2) is 4.98 Å². The maximum Gasteiger partial charge on any atom is 0.124 e. The molecule has 0 saturated heterocycles. The lowest BCUT2D eigenvalue weighted by Gasteiger charge is -2.35. The van der Waals surface area contributed by atoms with Crippen molar-refractivity contribution in [2.45, 2.75) is 72.6 Å². The molecule has 0 spiro atoms. The van der Waals surface area contributed by atoms with Crippen molar-refractivity contribution in [3.63, 3.8) is 0 Å². The van der Waals surface area contributed by atoms with Gasteiger partial charge in [-0.3, -0.25) is 0 Å². The fraction of sp³-hybridized carbons (Fsp3) is 0.500. The van der Waals surface area contributed by atoms with E-state index in [1.54, 1.807) is 16.0 Å². The molecule has 1 aromatic carbocycles. The molecule has 0 aliphatic heterocycles. The maximum atomic E-state index is 5.26. The fourth-order valence-corrected chi connectivity index (χ4v) is 6.53.